The normalized spacial score (nSPS) is 46.4. The molecule has 0 amide bonds. The van der Waals surface area contributed by atoms with E-state index in [1.165, 1.54) is 39.0 Å². The van der Waals surface area contributed by atoms with Crippen LogP contribution in [0.5, 0.6) is 0 Å². The van der Waals surface area contributed by atoms with Crippen molar-refractivity contribution >= 4 is 0 Å². The van der Waals surface area contributed by atoms with E-state index in [2.05, 4.69) is 22.2 Å². The molecule has 0 saturated carbocycles. The van der Waals surface area contributed by atoms with Crippen molar-refractivity contribution < 1.29 is 0 Å². The molecule has 2 bridgehead atoms. The topological polar surface area (TPSA) is 18.5 Å². The summed E-state index contributed by atoms with van der Waals surface area (Å²) in [5.74, 6) is 0. The predicted molar refractivity (Wildman–Crippen MR) is 52.8 cm³/mol. The molecule has 3 heterocycles. The van der Waals surface area contributed by atoms with E-state index in [0.717, 1.165) is 18.1 Å². The van der Waals surface area contributed by atoms with Gasteiger partial charge in [-0.15, -0.1) is 0 Å². The zero-order chi connectivity index (χ0) is 8.84. The van der Waals surface area contributed by atoms with Gasteiger partial charge in [0.15, 0.2) is 0 Å². The summed E-state index contributed by atoms with van der Waals surface area (Å²) in [4.78, 5) is 5.29. The van der Waals surface area contributed by atoms with E-state index in [1.54, 1.807) is 0 Å². The van der Waals surface area contributed by atoms with Gasteiger partial charge in [0.2, 0.25) is 0 Å². The van der Waals surface area contributed by atoms with E-state index in [9.17, 15) is 0 Å². The standard InChI is InChI=1S/C10H19N3/c1-12-6-10-4-9(12)7-13(10)8-2-3-11-5-8/h8-11H,2-7H2,1H3/t8-,9-,10-/m1/s1. The summed E-state index contributed by atoms with van der Waals surface area (Å²) in [6, 6.07) is 2.59. The number of nitrogens with one attached hydrogen (secondary N) is 1. The van der Waals surface area contributed by atoms with E-state index < -0.39 is 0 Å². The number of likely N-dealkylation sites (N-methyl/N-ethyl adjacent to an activating group) is 1. The second-order valence-corrected chi connectivity index (χ2v) is 4.83. The highest BCUT2D eigenvalue weighted by atomic mass is 15.4. The van der Waals surface area contributed by atoms with E-state index in [-0.39, 0.29) is 0 Å². The van der Waals surface area contributed by atoms with Crippen LogP contribution in [-0.4, -0.2) is 61.2 Å². The van der Waals surface area contributed by atoms with Crippen molar-refractivity contribution in [1.82, 2.24) is 15.1 Å². The summed E-state index contributed by atoms with van der Waals surface area (Å²) in [5, 5.41) is 3.46. The maximum Gasteiger partial charge on any atom is 0.0242 e. The summed E-state index contributed by atoms with van der Waals surface area (Å²) in [5.41, 5.74) is 0. The summed E-state index contributed by atoms with van der Waals surface area (Å²) >= 11 is 0. The summed E-state index contributed by atoms with van der Waals surface area (Å²) in [6.45, 7) is 5.09. The van der Waals surface area contributed by atoms with Crippen LogP contribution in [0.2, 0.25) is 0 Å². The quantitative estimate of drug-likeness (QED) is 0.601. The summed E-state index contributed by atoms with van der Waals surface area (Å²) in [6.07, 6.45) is 2.79. The predicted octanol–water partition coefficient (Wildman–Crippen LogP) is -0.263. The molecule has 0 aromatic heterocycles. The first-order valence-electron chi connectivity index (χ1n) is 5.51. The lowest BCUT2D eigenvalue weighted by molar-refractivity contribution is 0.114. The highest BCUT2D eigenvalue weighted by Crippen LogP contribution is 2.31. The van der Waals surface area contributed by atoms with Crippen molar-refractivity contribution in [1.29, 1.82) is 0 Å². The molecule has 3 aliphatic rings. The molecule has 0 aromatic rings. The largest absolute Gasteiger partial charge is 0.315 e. The fraction of sp³-hybridized carbons (Fsp3) is 1.00. The Morgan fingerprint density at radius 3 is 2.62 bits per heavy atom. The third-order valence-electron chi connectivity index (χ3n) is 4.06. The number of rotatable bonds is 1. The van der Waals surface area contributed by atoms with Crippen LogP contribution >= 0.6 is 0 Å². The highest BCUT2D eigenvalue weighted by Gasteiger charge is 2.44. The van der Waals surface area contributed by atoms with Gasteiger partial charge in [-0.1, -0.05) is 0 Å². The first-order chi connectivity index (χ1) is 6.34. The minimum absolute atomic E-state index is 0.851. The van der Waals surface area contributed by atoms with Crippen molar-refractivity contribution in [2.45, 2.75) is 31.0 Å². The molecular formula is C10H19N3. The number of nitrogens with zero attached hydrogens (tertiary/aromatic N) is 2. The first-order valence-corrected chi connectivity index (χ1v) is 5.51. The molecule has 3 fully saturated rings. The molecule has 3 saturated heterocycles. The van der Waals surface area contributed by atoms with Gasteiger partial charge in [-0.2, -0.15) is 0 Å². The molecule has 3 nitrogen and oxygen atoms in total. The first kappa shape index (κ1) is 8.21. The minimum atomic E-state index is 0.851. The number of likely N-dealkylation sites (tertiary alicyclic amines) is 2. The van der Waals surface area contributed by atoms with Gasteiger partial charge >= 0.3 is 0 Å². The summed E-state index contributed by atoms with van der Waals surface area (Å²) < 4.78 is 0. The molecule has 0 aromatic carbocycles. The van der Waals surface area contributed by atoms with Crippen molar-refractivity contribution in [3.63, 3.8) is 0 Å². The molecule has 74 valence electrons. The molecule has 0 spiro atoms. The van der Waals surface area contributed by atoms with Crippen LogP contribution in [0.25, 0.3) is 0 Å². The van der Waals surface area contributed by atoms with E-state index in [4.69, 9.17) is 0 Å². The fourth-order valence-corrected chi connectivity index (χ4v) is 3.27. The Morgan fingerprint density at radius 1 is 1.15 bits per heavy atom. The number of piperazine rings is 1. The molecule has 3 heteroatoms. The van der Waals surface area contributed by atoms with Gasteiger partial charge in [0.05, 0.1) is 0 Å². The summed E-state index contributed by atoms with van der Waals surface area (Å²) in [7, 11) is 2.27. The Hall–Kier alpha value is -0.120. The lowest BCUT2D eigenvalue weighted by Gasteiger charge is -2.35. The van der Waals surface area contributed by atoms with Gasteiger partial charge < -0.3 is 10.2 Å². The van der Waals surface area contributed by atoms with Crippen molar-refractivity contribution in [3.05, 3.63) is 0 Å². The average Bonchev–Trinajstić information content (AvgIpc) is 2.75. The van der Waals surface area contributed by atoms with Crippen molar-refractivity contribution in [2.75, 3.05) is 33.2 Å². The van der Waals surface area contributed by atoms with Crippen LogP contribution in [0.15, 0.2) is 0 Å². The van der Waals surface area contributed by atoms with Crippen LogP contribution in [0.4, 0.5) is 0 Å². The second kappa shape index (κ2) is 2.94. The molecule has 0 unspecified atom stereocenters. The number of fused-ring (bicyclic) bond motifs is 2. The van der Waals surface area contributed by atoms with Crippen LogP contribution in [-0.2, 0) is 0 Å². The SMILES string of the molecule is CN1C[C@H]2C[C@@H]1CN2[C@@H]1CCNC1. The number of hydrogen-bond donors (Lipinski definition) is 1. The van der Waals surface area contributed by atoms with Gasteiger partial charge in [0.25, 0.3) is 0 Å². The number of hydrogen-bond acceptors (Lipinski definition) is 3. The Bertz CT molecular complexity index is 198. The Kier molecular flexibility index (Phi) is 1.86. The van der Waals surface area contributed by atoms with E-state index >= 15 is 0 Å². The molecule has 3 aliphatic heterocycles. The zero-order valence-electron chi connectivity index (χ0n) is 8.37. The molecule has 13 heavy (non-hydrogen) atoms. The molecule has 0 aliphatic carbocycles. The van der Waals surface area contributed by atoms with Crippen molar-refractivity contribution in [3.8, 4) is 0 Å². The molecule has 0 radical (unpaired) electrons. The lowest BCUT2D eigenvalue weighted by atomic mass is 10.2. The zero-order valence-corrected chi connectivity index (χ0v) is 8.37. The smallest absolute Gasteiger partial charge is 0.0242 e. The maximum atomic E-state index is 3.46. The van der Waals surface area contributed by atoms with Crippen molar-refractivity contribution in [2.24, 2.45) is 0 Å². The van der Waals surface area contributed by atoms with E-state index in [1.807, 2.05) is 0 Å². The third kappa shape index (κ3) is 1.22. The van der Waals surface area contributed by atoms with Crippen LogP contribution in [0, 0.1) is 0 Å². The molecule has 1 N–H and O–H groups in total. The van der Waals surface area contributed by atoms with Gasteiger partial charge in [-0.3, -0.25) is 4.90 Å². The Labute approximate surface area is 80.1 Å². The third-order valence-corrected chi connectivity index (χ3v) is 4.06. The molecular weight excluding hydrogens is 162 g/mol. The van der Waals surface area contributed by atoms with Gasteiger partial charge in [0.1, 0.15) is 0 Å². The van der Waals surface area contributed by atoms with Gasteiger partial charge in [-0.25, -0.2) is 0 Å². The van der Waals surface area contributed by atoms with Gasteiger partial charge in [0, 0.05) is 37.8 Å². The Balaban J connectivity index is 1.68. The average molecular weight is 181 g/mol. The van der Waals surface area contributed by atoms with Crippen LogP contribution in [0.1, 0.15) is 12.8 Å². The second-order valence-electron chi connectivity index (χ2n) is 4.83. The highest BCUT2D eigenvalue weighted by molar-refractivity contribution is 5.01. The maximum absolute atomic E-state index is 3.46. The van der Waals surface area contributed by atoms with Crippen LogP contribution < -0.4 is 5.32 Å². The Morgan fingerprint density at radius 2 is 2.08 bits per heavy atom. The minimum Gasteiger partial charge on any atom is -0.315 e. The lowest BCUT2D eigenvalue weighted by Crippen LogP contribution is -2.49. The van der Waals surface area contributed by atoms with E-state index in [0.29, 0.717) is 0 Å². The van der Waals surface area contributed by atoms with Crippen LogP contribution in [0.3, 0.4) is 0 Å². The fourth-order valence-electron chi connectivity index (χ4n) is 3.27. The van der Waals surface area contributed by atoms with Gasteiger partial charge in [-0.05, 0) is 26.4 Å². The monoisotopic (exact) mass is 181 g/mol. The molecule has 3 atom stereocenters. The molecule has 3 rings (SSSR count).